The Morgan fingerprint density at radius 1 is 1.42 bits per heavy atom. The second-order valence-electron chi connectivity index (χ2n) is 5.02. The molecule has 0 aliphatic carbocycles. The van der Waals surface area contributed by atoms with E-state index in [-0.39, 0.29) is 11.9 Å². The molecular weight excluding hydrogens is 240 g/mol. The van der Waals surface area contributed by atoms with Crippen LogP contribution in [0.5, 0.6) is 0 Å². The fourth-order valence-electron chi connectivity index (χ4n) is 2.15. The summed E-state index contributed by atoms with van der Waals surface area (Å²) in [6.45, 7) is 4.97. The van der Waals surface area contributed by atoms with Crippen LogP contribution in [0, 0.1) is 6.92 Å². The molecule has 0 aromatic heterocycles. The molecule has 1 amide bonds. The maximum absolute atomic E-state index is 11.7. The molecule has 0 saturated carbocycles. The van der Waals surface area contributed by atoms with E-state index >= 15 is 0 Å². The number of hydrogen-bond donors (Lipinski definition) is 2. The van der Waals surface area contributed by atoms with Crippen LogP contribution in [0.1, 0.15) is 17.5 Å². The van der Waals surface area contributed by atoms with Gasteiger partial charge < -0.3 is 15.4 Å². The summed E-state index contributed by atoms with van der Waals surface area (Å²) in [5.74, 6) is 0.0927. The van der Waals surface area contributed by atoms with Gasteiger partial charge in [-0.05, 0) is 18.9 Å². The molecule has 0 spiro atoms. The zero-order chi connectivity index (χ0) is 13.5. The number of morpholine rings is 1. The molecule has 4 heteroatoms. The van der Waals surface area contributed by atoms with Gasteiger partial charge in [0.1, 0.15) is 0 Å². The van der Waals surface area contributed by atoms with Crippen molar-refractivity contribution in [1.29, 1.82) is 0 Å². The summed E-state index contributed by atoms with van der Waals surface area (Å²) in [7, 11) is 0. The molecule has 1 aromatic carbocycles. The van der Waals surface area contributed by atoms with Gasteiger partial charge in [0.2, 0.25) is 5.91 Å². The fraction of sp³-hybridized carbons (Fsp3) is 0.533. The molecular formula is C15H22N2O2. The van der Waals surface area contributed by atoms with Crippen molar-refractivity contribution in [1.82, 2.24) is 10.6 Å². The highest BCUT2D eigenvalue weighted by Gasteiger charge is 2.16. The zero-order valence-corrected chi connectivity index (χ0v) is 11.4. The van der Waals surface area contributed by atoms with Gasteiger partial charge >= 0.3 is 0 Å². The number of nitrogens with one attached hydrogen (secondary N) is 2. The molecule has 1 heterocycles. The summed E-state index contributed by atoms with van der Waals surface area (Å²) in [6, 6.07) is 8.57. The van der Waals surface area contributed by atoms with E-state index in [0.29, 0.717) is 19.6 Å². The molecule has 19 heavy (non-hydrogen) atoms. The number of ether oxygens (including phenoxy) is 1. The van der Waals surface area contributed by atoms with Gasteiger partial charge in [0.25, 0.3) is 0 Å². The molecule has 1 unspecified atom stereocenters. The quantitative estimate of drug-likeness (QED) is 0.833. The van der Waals surface area contributed by atoms with Gasteiger partial charge in [-0.1, -0.05) is 29.8 Å². The largest absolute Gasteiger partial charge is 0.378 e. The minimum atomic E-state index is 0.0927. The highest BCUT2D eigenvalue weighted by molar-refractivity contribution is 5.76. The normalized spacial score (nSPS) is 19.1. The maximum Gasteiger partial charge on any atom is 0.221 e. The van der Waals surface area contributed by atoms with Crippen LogP contribution in [0.3, 0.4) is 0 Å². The van der Waals surface area contributed by atoms with Crippen LogP contribution in [-0.2, 0) is 16.0 Å². The van der Waals surface area contributed by atoms with Gasteiger partial charge in [-0.2, -0.15) is 0 Å². The summed E-state index contributed by atoms with van der Waals surface area (Å²) in [4.78, 5) is 11.7. The van der Waals surface area contributed by atoms with Crippen molar-refractivity contribution in [2.75, 3.05) is 26.3 Å². The van der Waals surface area contributed by atoms with Crippen LogP contribution in [0.4, 0.5) is 0 Å². The number of aryl methyl sites for hydroxylation is 1. The first-order chi connectivity index (χ1) is 9.24. The molecule has 0 bridgehead atoms. The number of benzene rings is 1. The predicted octanol–water partition coefficient (Wildman–Crippen LogP) is 1.03. The van der Waals surface area contributed by atoms with Gasteiger partial charge in [0, 0.05) is 25.6 Å². The first kappa shape index (κ1) is 14.0. The third-order valence-electron chi connectivity index (χ3n) is 3.29. The Balaban J connectivity index is 1.64. The molecule has 1 fully saturated rings. The SMILES string of the molecule is Cc1ccc(CCNC(=O)CC2COCCN2)cc1. The van der Waals surface area contributed by atoms with Crippen molar-refractivity contribution >= 4 is 5.91 Å². The molecule has 0 radical (unpaired) electrons. The van der Waals surface area contributed by atoms with Gasteiger partial charge in [-0.25, -0.2) is 0 Å². The Kier molecular flexibility index (Phi) is 5.36. The molecule has 1 saturated heterocycles. The summed E-state index contributed by atoms with van der Waals surface area (Å²) in [5, 5.41) is 6.24. The van der Waals surface area contributed by atoms with Crippen molar-refractivity contribution in [3.63, 3.8) is 0 Å². The van der Waals surface area contributed by atoms with Gasteiger partial charge in [-0.3, -0.25) is 4.79 Å². The monoisotopic (exact) mass is 262 g/mol. The van der Waals surface area contributed by atoms with E-state index in [1.165, 1.54) is 11.1 Å². The van der Waals surface area contributed by atoms with E-state index < -0.39 is 0 Å². The highest BCUT2D eigenvalue weighted by atomic mass is 16.5. The maximum atomic E-state index is 11.7. The van der Waals surface area contributed by atoms with Crippen LogP contribution in [0.2, 0.25) is 0 Å². The van der Waals surface area contributed by atoms with Crippen LogP contribution >= 0.6 is 0 Å². The molecule has 4 nitrogen and oxygen atoms in total. The van der Waals surface area contributed by atoms with E-state index in [1.54, 1.807) is 0 Å². The summed E-state index contributed by atoms with van der Waals surface area (Å²) in [5.41, 5.74) is 2.51. The number of hydrogen-bond acceptors (Lipinski definition) is 3. The summed E-state index contributed by atoms with van der Waals surface area (Å²) in [6.07, 6.45) is 1.37. The first-order valence-corrected chi connectivity index (χ1v) is 6.87. The van der Waals surface area contributed by atoms with Crippen molar-refractivity contribution in [3.05, 3.63) is 35.4 Å². The molecule has 2 N–H and O–H groups in total. The lowest BCUT2D eigenvalue weighted by atomic mass is 10.1. The Hall–Kier alpha value is -1.39. The number of rotatable bonds is 5. The first-order valence-electron chi connectivity index (χ1n) is 6.87. The second kappa shape index (κ2) is 7.26. The lowest BCUT2D eigenvalue weighted by molar-refractivity contribution is -0.122. The van der Waals surface area contributed by atoms with Crippen molar-refractivity contribution in [2.45, 2.75) is 25.8 Å². The highest BCUT2D eigenvalue weighted by Crippen LogP contribution is 2.03. The van der Waals surface area contributed by atoms with Crippen LogP contribution in [0.15, 0.2) is 24.3 Å². The van der Waals surface area contributed by atoms with E-state index in [2.05, 4.69) is 41.8 Å². The lowest BCUT2D eigenvalue weighted by Crippen LogP contribution is -2.44. The molecule has 1 atom stereocenters. The molecule has 1 aromatic rings. The molecule has 1 aliphatic rings. The topological polar surface area (TPSA) is 50.4 Å². The third kappa shape index (κ3) is 5.01. The smallest absolute Gasteiger partial charge is 0.221 e. The van der Waals surface area contributed by atoms with E-state index in [0.717, 1.165) is 19.6 Å². The Morgan fingerprint density at radius 2 is 2.21 bits per heavy atom. The number of carbonyl (C=O) groups excluding carboxylic acids is 1. The average Bonchev–Trinajstić information content (AvgIpc) is 2.42. The van der Waals surface area contributed by atoms with Crippen LogP contribution < -0.4 is 10.6 Å². The average molecular weight is 262 g/mol. The standard InChI is InChI=1S/C15H22N2O2/c1-12-2-4-13(5-3-12)6-7-17-15(18)10-14-11-19-9-8-16-14/h2-5,14,16H,6-11H2,1H3,(H,17,18). The van der Waals surface area contributed by atoms with Crippen molar-refractivity contribution in [2.24, 2.45) is 0 Å². The number of carbonyl (C=O) groups is 1. The van der Waals surface area contributed by atoms with Crippen LogP contribution in [0.25, 0.3) is 0 Å². The van der Waals surface area contributed by atoms with Gasteiger partial charge in [0.15, 0.2) is 0 Å². The third-order valence-corrected chi connectivity index (χ3v) is 3.29. The van der Waals surface area contributed by atoms with E-state index in [4.69, 9.17) is 4.74 Å². The Labute approximate surface area is 114 Å². The van der Waals surface area contributed by atoms with Crippen molar-refractivity contribution in [3.8, 4) is 0 Å². The lowest BCUT2D eigenvalue weighted by Gasteiger charge is -2.23. The zero-order valence-electron chi connectivity index (χ0n) is 11.4. The Morgan fingerprint density at radius 3 is 2.89 bits per heavy atom. The van der Waals surface area contributed by atoms with E-state index in [1.807, 2.05) is 0 Å². The fourth-order valence-corrected chi connectivity index (χ4v) is 2.15. The van der Waals surface area contributed by atoms with E-state index in [9.17, 15) is 4.79 Å². The minimum Gasteiger partial charge on any atom is -0.378 e. The predicted molar refractivity (Wildman–Crippen MR) is 75.1 cm³/mol. The second-order valence-corrected chi connectivity index (χ2v) is 5.02. The number of amides is 1. The molecule has 2 rings (SSSR count). The Bertz CT molecular complexity index is 397. The summed E-state index contributed by atoms with van der Waals surface area (Å²) < 4.78 is 5.33. The van der Waals surface area contributed by atoms with Gasteiger partial charge in [-0.15, -0.1) is 0 Å². The molecule has 104 valence electrons. The molecule has 1 aliphatic heterocycles. The van der Waals surface area contributed by atoms with Crippen molar-refractivity contribution < 1.29 is 9.53 Å². The van der Waals surface area contributed by atoms with Crippen LogP contribution in [-0.4, -0.2) is 38.3 Å². The van der Waals surface area contributed by atoms with Gasteiger partial charge in [0.05, 0.1) is 13.2 Å². The minimum absolute atomic E-state index is 0.0927. The summed E-state index contributed by atoms with van der Waals surface area (Å²) >= 11 is 0.